The number of carbonyl (C=O) groups excluding carboxylic acids is 2. The van der Waals surface area contributed by atoms with E-state index in [1.54, 1.807) is 30.8 Å². The van der Waals surface area contributed by atoms with Crippen molar-refractivity contribution in [3.05, 3.63) is 64.7 Å². The van der Waals surface area contributed by atoms with Crippen molar-refractivity contribution in [2.75, 3.05) is 13.2 Å². The second-order valence-electron chi connectivity index (χ2n) is 7.35. The van der Waals surface area contributed by atoms with E-state index in [1.807, 2.05) is 36.4 Å². The van der Waals surface area contributed by atoms with Crippen molar-refractivity contribution in [1.29, 1.82) is 0 Å². The molecule has 0 radical (unpaired) electrons. The third-order valence-electron chi connectivity index (χ3n) is 4.91. The summed E-state index contributed by atoms with van der Waals surface area (Å²) in [5.41, 5.74) is 6.40. The monoisotopic (exact) mass is 462 g/mol. The Bertz CT molecular complexity index is 855. The lowest BCUT2D eigenvalue weighted by molar-refractivity contribution is -0.136. The lowest BCUT2D eigenvalue weighted by Crippen LogP contribution is -2.46. The van der Waals surface area contributed by atoms with Crippen molar-refractivity contribution in [2.24, 2.45) is 0 Å². The van der Waals surface area contributed by atoms with Crippen LogP contribution >= 0.6 is 23.4 Å². The predicted octanol–water partition coefficient (Wildman–Crippen LogP) is 4.37. The molecule has 166 valence electrons. The molecule has 0 aromatic heterocycles. The van der Waals surface area contributed by atoms with Crippen LogP contribution in [0, 0.1) is 0 Å². The fourth-order valence-electron chi connectivity index (χ4n) is 3.01. The maximum atomic E-state index is 12.3. The molecule has 1 saturated heterocycles. The maximum absolute atomic E-state index is 12.3. The van der Waals surface area contributed by atoms with E-state index in [-0.39, 0.29) is 12.0 Å². The van der Waals surface area contributed by atoms with E-state index in [1.165, 1.54) is 0 Å². The summed E-state index contributed by atoms with van der Waals surface area (Å²) in [5, 5.41) is 0.714. The highest BCUT2D eigenvalue weighted by atomic mass is 35.5. The van der Waals surface area contributed by atoms with Gasteiger partial charge in [-0.3, -0.25) is 20.4 Å². The Balaban J connectivity index is 1.39. The first-order chi connectivity index (χ1) is 15.0. The molecule has 31 heavy (non-hydrogen) atoms. The van der Waals surface area contributed by atoms with Crippen molar-refractivity contribution in [2.45, 2.75) is 49.0 Å². The second kappa shape index (κ2) is 12.1. The zero-order valence-corrected chi connectivity index (χ0v) is 19.0. The van der Waals surface area contributed by atoms with E-state index < -0.39 is 12.0 Å². The molecule has 2 amide bonds. The zero-order valence-electron chi connectivity index (χ0n) is 17.4. The minimum absolute atomic E-state index is 0.0370. The summed E-state index contributed by atoms with van der Waals surface area (Å²) in [7, 11) is 0. The van der Waals surface area contributed by atoms with Crippen LogP contribution < -0.4 is 10.9 Å². The van der Waals surface area contributed by atoms with Gasteiger partial charge < -0.3 is 9.47 Å². The van der Waals surface area contributed by atoms with Gasteiger partial charge in [-0.05, 0) is 68.1 Å². The van der Waals surface area contributed by atoms with E-state index in [9.17, 15) is 9.59 Å². The van der Waals surface area contributed by atoms with Crippen LogP contribution in [0.5, 0.6) is 0 Å². The standard InChI is InChI=1S/C23H27ClN2O4S/c1-16(30-14-20-4-2-3-13-29-20)22(27)25-26-23(28)18-7-5-17(6-8-18)15-31-21-11-9-19(24)10-12-21/h5-12,16,20H,2-4,13-15H2,1H3,(H,25,27)(H,26,28). The highest BCUT2D eigenvalue weighted by Crippen LogP contribution is 2.24. The number of hydrogen-bond donors (Lipinski definition) is 2. The zero-order chi connectivity index (χ0) is 22.1. The highest BCUT2D eigenvalue weighted by Gasteiger charge is 2.19. The largest absolute Gasteiger partial charge is 0.376 e. The Labute approximate surface area is 192 Å². The second-order valence-corrected chi connectivity index (χ2v) is 8.83. The number of hydrogen-bond acceptors (Lipinski definition) is 5. The number of amides is 2. The molecule has 0 spiro atoms. The van der Waals surface area contributed by atoms with Crippen LogP contribution in [0.4, 0.5) is 0 Å². The normalized spacial score (nSPS) is 17.0. The average molecular weight is 463 g/mol. The van der Waals surface area contributed by atoms with Crippen LogP contribution in [0.2, 0.25) is 5.02 Å². The molecule has 1 aliphatic rings. The van der Waals surface area contributed by atoms with E-state index in [0.29, 0.717) is 17.2 Å². The van der Waals surface area contributed by atoms with Gasteiger partial charge in [0.25, 0.3) is 11.8 Å². The fourth-order valence-corrected chi connectivity index (χ4v) is 3.99. The van der Waals surface area contributed by atoms with Crippen molar-refractivity contribution in [3.63, 3.8) is 0 Å². The molecule has 0 bridgehead atoms. The Kier molecular flexibility index (Phi) is 9.21. The molecule has 2 aromatic rings. The van der Waals surface area contributed by atoms with E-state index in [0.717, 1.165) is 42.1 Å². The number of nitrogens with one attached hydrogen (secondary N) is 2. The van der Waals surface area contributed by atoms with Crippen LogP contribution in [0.15, 0.2) is 53.4 Å². The molecule has 0 aliphatic carbocycles. The summed E-state index contributed by atoms with van der Waals surface area (Å²) in [6.07, 6.45) is 2.48. The lowest BCUT2D eigenvalue weighted by Gasteiger charge is -2.23. The van der Waals surface area contributed by atoms with Crippen molar-refractivity contribution in [1.82, 2.24) is 10.9 Å². The molecule has 2 atom stereocenters. The van der Waals surface area contributed by atoms with E-state index in [4.69, 9.17) is 21.1 Å². The third kappa shape index (κ3) is 7.85. The highest BCUT2D eigenvalue weighted by molar-refractivity contribution is 7.98. The number of hydrazine groups is 1. The molecule has 2 unspecified atom stereocenters. The van der Waals surface area contributed by atoms with Crippen LogP contribution in [-0.4, -0.2) is 37.2 Å². The number of halogens is 1. The van der Waals surface area contributed by atoms with Crippen LogP contribution in [0.25, 0.3) is 0 Å². The van der Waals surface area contributed by atoms with Gasteiger partial charge in [-0.25, -0.2) is 0 Å². The van der Waals surface area contributed by atoms with Gasteiger partial charge in [0.15, 0.2) is 0 Å². The Morgan fingerprint density at radius 2 is 1.87 bits per heavy atom. The van der Waals surface area contributed by atoms with Crippen molar-refractivity contribution < 1.29 is 19.1 Å². The van der Waals surface area contributed by atoms with Gasteiger partial charge in [0.05, 0.1) is 12.7 Å². The van der Waals surface area contributed by atoms with Crippen LogP contribution in [-0.2, 0) is 20.0 Å². The number of carbonyl (C=O) groups is 2. The average Bonchev–Trinajstić information content (AvgIpc) is 2.81. The quantitative estimate of drug-likeness (QED) is 0.450. The molecule has 6 nitrogen and oxygen atoms in total. The number of rotatable bonds is 8. The first-order valence-electron chi connectivity index (χ1n) is 10.3. The Morgan fingerprint density at radius 1 is 1.13 bits per heavy atom. The van der Waals surface area contributed by atoms with Crippen LogP contribution in [0.3, 0.4) is 0 Å². The molecule has 8 heteroatoms. The molecular weight excluding hydrogens is 436 g/mol. The first kappa shape index (κ1) is 23.6. The summed E-state index contributed by atoms with van der Waals surface area (Å²) in [6.45, 7) is 2.76. The summed E-state index contributed by atoms with van der Waals surface area (Å²) in [4.78, 5) is 25.6. The van der Waals surface area contributed by atoms with Gasteiger partial charge in [-0.2, -0.15) is 0 Å². The Hall–Kier alpha value is -2.06. The minimum Gasteiger partial charge on any atom is -0.376 e. The van der Waals surface area contributed by atoms with E-state index in [2.05, 4.69) is 10.9 Å². The van der Waals surface area contributed by atoms with Crippen molar-refractivity contribution in [3.8, 4) is 0 Å². The molecule has 3 rings (SSSR count). The fraction of sp³-hybridized carbons (Fsp3) is 0.391. The maximum Gasteiger partial charge on any atom is 0.269 e. The van der Waals surface area contributed by atoms with Gasteiger partial charge in [-0.15, -0.1) is 11.8 Å². The van der Waals surface area contributed by atoms with Gasteiger partial charge in [-0.1, -0.05) is 23.7 Å². The van der Waals surface area contributed by atoms with E-state index >= 15 is 0 Å². The number of ether oxygens (including phenoxy) is 2. The molecule has 2 N–H and O–H groups in total. The molecule has 1 heterocycles. The summed E-state index contributed by atoms with van der Waals surface area (Å²) in [5.74, 6) is -0.00645. The molecular formula is C23H27ClN2O4S. The van der Waals surface area contributed by atoms with Gasteiger partial charge >= 0.3 is 0 Å². The molecule has 2 aromatic carbocycles. The lowest BCUT2D eigenvalue weighted by atomic mass is 10.1. The summed E-state index contributed by atoms with van der Waals surface area (Å²) >= 11 is 7.59. The number of benzene rings is 2. The van der Waals surface area contributed by atoms with Gasteiger partial charge in [0.2, 0.25) is 0 Å². The third-order valence-corrected chi connectivity index (χ3v) is 6.24. The summed E-state index contributed by atoms with van der Waals surface area (Å²) < 4.78 is 11.2. The minimum atomic E-state index is -0.682. The SMILES string of the molecule is CC(OCC1CCCCO1)C(=O)NNC(=O)c1ccc(CSc2ccc(Cl)cc2)cc1. The van der Waals surface area contributed by atoms with Crippen LogP contribution in [0.1, 0.15) is 42.1 Å². The summed E-state index contributed by atoms with van der Waals surface area (Å²) in [6, 6.07) is 14.9. The topological polar surface area (TPSA) is 76.7 Å². The smallest absolute Gasteiger partial charge is 0.269 e. The predicted molar refractivity (Wildman–Crippen MR) is 122 cm³/mol. The van der Waals surface area contributed by atoms with Crippen molar-refractivity contribution >= 4 is 35.2 Å². The first-order valence-corrected chi connectivity index (χ1v) is 11.7. The molecule has 1 aliphatic heterocycles. The number of thioether (sulfide) groups is 1. The van der Waals surface area contributed by atoms with Gasteiger partial charge in [0, 0.05) is 27.8 Å². The van der Waals surface area contributed by atoms with Gasteiger partial charge in [0.1, 0.15) is 6.10 Å². The molecule has 1 fully saturated rings. The Morgan fingerprint density at radius 3 is 2.55 bits per heavy atom. The molecule has 0 saturated carbocycles.